The highest BCUT2D eigenvalue weighted by atomic mass is 16.5. The van der Waals surface area contributed by atoms with E-state index in [4.69, 9.17) is 4.74 Å². The number of hydrogen-bond acceptors (Lipinski definition) is 4. The van der Waals surface area contributed by atoms with Gasteiger partial charge in [0.1, 0.15) is 17.8 Å². The number of rotatable bonds is 6. The fourth-order valence-electron chi connectivity index (χ4n) is 3.91. The summed E-state index contributed by atoms with van der Waals surface area (Å²) in [6, 6.07) is 11.3. The second-order valence-electron chi connectivity index (χ2n) is 8.10. The summed E-state index contributed by atoms with van der Waals surface area (Å²) >= 11 is 0. The zero-order valence-corrected chi connectivity index (χ0v) is 16.9. The third kappa shape index (κ3) is 3.52. The van der Waals surface area contributed by atoms with E-state index in [1.54, 1.807) is 21.1 Å². The average molecular weight is 395 g/mol. The fourth-order valence-corrected chi connectivity index (χ4v) is 3.91. The van der Waals surface area contributed by atoms with E-state index < -0.39 is 11.6 Å². The number of urea groups is 1. The lowest BCUT2D eigenvalue weighted by atomic mass is 9.96. The number of likely N-dealkylation sites (N-methyl/N-ethyl adjacent to an activating group) is 1. The maximum Gasteiger partial charge on any atom is 0.325 e. The van der Waals surface area contributed by atoms with E-state index in [1.807, 2.05) is 36.4 Å². The van der Waals surface area contributed by atoms with E-state index in [-0.39, 0.29) is 24.3 Å². The van der Waals surface area contributed by atoms with Crippen LogP contribution in [-0.4, -0.2) is 53.9 Å². The molecule has 29 heavy (non-hydrogen) atoms. The van der Waals surface area contributed by atoms with Crippen LogP contribution in [-0.2, 0) is 16.1 Å². The molecule has 7 nitrogen and oxygen atoms in total. The average Bonchev–Trinajstić information content (AvgIpc) is 3.53. The van der Waals surface area contributed by atoms with Crippen LogP contribution in [0, 0.1) is 5.92 Å². The van der Waals surface area contributed by atoms with Gasteiger partial charge in [-0.05, 0) is 60.2 Å². The van der Waals surface area contributed by atoms with Crippen LogP contribution in [0.3, 0.4) is 0 Å². The molecule has 1 N–H and O–H groups in total. The molecule has 1 saturated heterocycles. The van der Waals surface area contributed by atoms with E-state index in [0.29, 0.717) is 6.54 Å². The number of methoxy groups -OCH3 is 1. The number of imide groups is 1. The third-order valence-corrected chi connectivity index (χ3v) is 5.95. The van der Waals surface area contributed by atoms with Crippen LogP contribution in [0.1, 0.15) is 25.3 Å². The highest BCUT2D eigenvalue weighted by molar-refractivity contribution is 6.09. The Labute approximate surface area is 169 Å². The molecule has 2 aliphatic rings. The summed E-state index contributed by atoms with van der Waals surface area (Å²) < 4.78 is 5.24. The molecule has 2 fully saturated rings. The van der Waals surface area contributed by atoms with E-state index in [9.17, 15) is 14.4 Å². The number of nitrogens with one attached hydrogen (secondary N) is 1. The lowest BCUT2D eigenvalue weighted by Gasteiger charge is -2.22. The summed E-state index contributed by atoms with van der Waals surface area (Å²) in [4.78, 5) is 40.2. The maximum atomic E-state index is 12.7. The molecule has 2 aromatic carbocycles. The first kappa shape index (κ1) is 19.2. The minimum Gasteiger partial charge on any atom is -0.497 e. The Morgan fingerprint density at radius 2 is 1.90 bits per heavy atom. The largest absolute Gasteiger partial charge is 0.497 e. The van der Waals surface area contributed by atoms with Gasteiger partial charge < -0.3 is 15.0 Å². The quantitative estimate of drug-likeness (QED) is 0.763. The molecule has 1 atom stereocenters. The first-order valence-corrected chi connectivity index (χ1v) is 9.76. The summed E-state index contributed by atoms with van der Waals surface area (Å²) in [6.45, 7) is 1.90. The van der Waals surface area contributed by atoms with Gasteiger partial charge in [0.2, 0.25) is 5.91 Å². The molecule has 152 valence electrons. The van der Waals surface area contributed by atoms with E-state index >= 15 is 0 Å². The minimum atomic E-state index is -0.866. The van der Waals surface area contributed by atoms with Gasteiger partial charge in [-0.1, -0.05) is 18.2 Å². The molecule has 1 heterocycles. The first-order chi connectivity index (χ1) is 13.8. The van der Waals surface area contributed by atoms with Crippen LogP contribution in [0.5, 0.6) is 5.75 Å². The molecule has 1 unspecified atom stereocenters. The molecule has 1 saturated carbocycles. The van der Waals surface area contributed by atoms with Gasteiger partial charge in [-0.15, -0.1) is 0 Å². The van der Waals surface area contributed by atoms with E-state index in [0.717, 1.165) is 39.8 Å². The molecule has 1 aliphatic heterocycles. The van der Waals surface area contributed by atoms with Crippen LogP contribution in [0.25, 0.3) is 10.8 Å². The van der Waals surface area contributed by atoms with Crippen molar-refractivity contribution in [3.8, 4) is 5.75 Å². The van der Waals surface area contributed by atoms with Gasteiger partial charge in [0.15, 0.2) is 0 Å². The minimum absolute atomic E-state index is 0.174. The SMILES string of the molecule is COc1ccc2cc(CN(C)C(=O)CN3C(=O)NC(C)(C4CC4)C3=O)ccc2c1. The van der Waals surface area contributed by atoms with Crippen LogP contribution in [0.15, 0.2) is 36.4 Å². The zero-order chi connectivity index (χ0) is 20.8. The van der Waals surface area contributed by atoms with Crippen molar-refractivity contribution in [3.05, 3.63) is 42.0 Å². The van der Waals surface area contributed by atoms with Gasteiger partial charge in [-0.3, -0.25) is 14.5 Å². The van der Waals surface area contributed by atoms with E-state index in [1.165, 1.54) is 4.90 Å². The molecular weight excluding hydrogens is 370 g/mol. The molecular formula is C22H25N3O4. The van der Waals surface area contributed by atoms with Crippen LogP contribution in [0.4, 0.5) is 4.79 Å². The van der Waals surface area contributed by atoms with Gasteiger partial charge in [-0.2, -0.15) is 0 Å². The summed E-state index contributed by atoms with van der Waals surface area (Å²) in [6.07, 6.45) is 1.86. The predicted octanol–water partition coefficient (Wildman–Crippen LogP) is 2.53. The topological polar surface area (TPSA) is 79.0 Å². The molecule has 4 rings (SSSR count). The van der Waals surface area contributed by atoms with Gasteiger partial charge in [0, 0.05) is 13.6 Å². The molecule has 4 amide bonds. The van der Waals surface area contributed by atoms with Crippen molar-refractivity contribution >= 4 is 28.6 Å². The van der Waals surface area contributed by atoms with Gasteiger partial charge >= 0.3 is 6.03 Å². The second-order valence-corrected chi connectivity index (χ2v) is 8.10. The Morgan fingerprint density at radius 1 is 1.21 bits per heavy atom. The van der Waals surface area contributed by atoms with Crippen molar-refractivity contribution in [2.75, 3.05) is 20.7 Å². The molecule has 7 heteroatoms. The lowest BCUT2D eigenvalue weighted by Crippen LogP contribution is -2.47. The standard InChI is InChI=1S/C22H25N3O4/c1-22(17-7-8-17)20(27)25(21(28)23-22)13-19(26)24(2)12-14-4-5-16-11-18(29-3)9-6-15(16)10-14/h4-6,9-11,17H,7-8,12-13H2,1-3H3,(H,23,28). The summed E-state index contributed by atoms with van der Waals surface area (Å²) in [5.74, 6) is 0.395. The van der Waals surface area contributed by atoms with Gasteiger partial charge in [-0.25, -0.2) is 4.79 Å². The van der Waals surface area contributed by atoms with Gasteiger partial charge in [0.25, 0.3) is 5.91 Å². The first-order valence-electron chi connectivity index (χ1n) is 9.76. The zero-order valence-electron chi connectivity index (χ0n) is 16.9. The van der Waals surface area contributed by atoms with Crippen molar-refractivity contribution < 1.29 is 19.1 Å². The smallest absolute Gasteiger partial charge is 0.325 e. The summed E-state index contributed by atoms with van der Waals surface area (Å²) in [5, 5.41) is 4.88. The van der Waals surface area contributed by atoms with Crippen molar-refractivity contribution in [1.82, 2.24) is 15.1 Å². The fraction of sp³-hybridized carbons (Fsp3) is 0.409. The Balaban J connectivity index is 1.42. The Kier molecular flexibility index (Phi) is 4.68. The highest BCUT2D eigenvalue weighted by Crippen LogP contribution is 2.42. The maximum absolute atomic E-state index is 12.7. The van der Waals surface area contributed by atoms with Crippen LogP contribution < -0.4 is 10.1 Å². The molecule has 0 spiro atoms. The van der Waals surface area contributed by atoms with Crippen molar-refractivity contribution in [3.63, 3.8) is 0 Å². The van der Waals surface area contributed by atoms with Crippen molar-refractivity contribution in [2.24, 2.45) is 5.92 Å². The number of hydrogen-bond donors (Lipinski definition) is 1. The predicted molar refractivity (Wildman–Crippen MR) is 108 cm³/mol. The number of fused-ring (bicyclic) bond motifs is 1. The normalized spacial score (nSPS) is 21.4. The Hall–Kier alpha value is -3.09. The van der Waals surface area contributed by atoms with Gasteiger partial charge in [0.05, 0.1) is 7.11 Å². The highest BCUT2D eigenvalue weighted by Gasteiger charge is 2.56. The van der Waals surface area contributed by atoms with E-state index in [2.05, 4.69) is 5.32 Å². The number of nitrogens with zero attached hydrogens (tertiary/aromatic N) is 2. The molecule has 0 radical (unpaired) electrons. The molecule has 2 aromatic rings. The summed E-state index contributed by atoms with van der Waals surface area (Å²) in [5.41, 5.74) is 0.105. The summed E-state index contributed by atoms with van der Waals surface area (Å²) in [7, 11) is 3.31. The molecule has 1 aliphatic carbocycles. The monoisotopic (exact) mass is 395 g/mol. The second kappa shape index (κ2) is 7.06. The lowest BCUT2D eigenvalue weighted by molar-refractivity contribution is -0.138. The van der Waals surface area contributed by atoms with Crippen LogP contribution in [0.2, 0.25) is 0 Å². The molecule has 0 aromatic heterocycles. The van der Waals surface area contributed by atoms with Crippen LogP contribution >= 0.6 is 0 Å². The Bertz CT molecular complexity index is 1000. The number of ether oxygens (including phenoxy) is 1. The van der Waals surface area contributed by atoms with Crippen molar-refractivity contribution in [1.29, 1.82) is 0 Å². The number of carbonyl (C=O) groups excluding carboxylic acids is 3. The number of amides is 4. The third-order valence-electron chi connectivity index (χ3n) is 5.95. The number of benzene rings is 2. The molecule has 0 bridgehead atoms. The van der Waals surface area contributed by atoms with Crippen molar-refractivity contribution in [2.45, 2.75) is 31.8 Å². The number of carbonyl (C=O) groups is 3. The Morgan fingerprint density at radius 3 is 2.59 bits per heavy atom.